The molecule has 4 aromatic rings. The number of H-pyrrole nitrogens is 1. The number of pyridine rings is 1. The molecule has 8 heteroatoms. The van der Waals surface area contributed by atoms with Crippen LogP contribution >= 0.6 is 11.6 Å². The molecule has 0 radical (unpaired) electrons. The van der Waals surface area contributed by atoms with E-state index >= 15 is 0 Å². The zero-order chi connectivity index (χ0) is 22.9. The average molecular weight is 464 g/mol. The first kappa shape index (κ1) is 21.4. The van der Waals surface area contributed by atoms with Gasteiger partial charge < -0.3 is 19.6 Å². The maximum Gasteiger partial charge on any atom is 0.336 e. The number of carboxylic acid groups (broad SMARTS) is 1. The van der Waals surface area contributed by atoms with Gasteiger partial charge in [0.25, 0.3) is 0 Å². The number of fused-ring (bicyclic) bond motifs is 1. The lowest BCUT2D eigenvalue weighted by molar-refractivity contribution is 0.0695. The fourth-order valence-electron chi connectivity index (χ4n) is 4.10. The number of nitrogens with one attached hydrogen (secondary N) is 1. The molecule has 0 amide bonds. The summed E-state index contributed by atoms with van der Waals surface area (Å²) >= 11 is 6.54. The topological polar surface area (TPSA) is 97.3 Å². The van der Waals surface area contributed by atoms with E-state index in [0.717, 1.165) is 31.6 Å². The van der Waals surface area contributed by atoms with E-state index in [0.29, 0.717) is 39.1 Å². The molecule has 0 unspecified atom stereocenters. The molecule has 0 spiro atoms. The van der Waals surface area contributed by atoms with E-state index < -0.39 is 5.97 Å². The van der Waals surface area contributed by atoms with Crippen LogP contribution in [0.5, 0.6) is 11.8 Å². The van der Waals surface area contributed by atoms with Gasteiger partial charge in [-0.2, -0.15) is 4.98 Å². The van der Waals surface area contributed by atoms with Crippen molar-refractivity contribution in [1.82, 2.24) is 15.0 Å². The Kier molecular flexibility index (Phi) is 5.74. The molecule has 168 valence electrons. The highest BCUT2D eigenvalue weighted by atomic mass is 35.5. The second kappa shape index (κ2) is 8.84. The van der Waals surface area contributed by atoms with Gasteiger partial charge in [-0.3, -0.25) is 0 Å². The van der Waals surface area contributed by atoms with Crippen LogP contribution in [0.2, 0.25) is 5.02 Å². The number of benzene rings is 2. The largest absolute Gasteiger partial charge is 0.478 e. The molecule has 33 heavy (non-hydrogen) atoms. The average Bonchev–Trinajstić information content (AvgIpc) is 3.21. The Morgan fingerprint density at radius 2 is 1.88 bits per heavy atom. The van der Waals surface area contributed by atoms with Crippen LogP contribution < -0.4 is 4.74 Å². The predicted octanol–water partition coefficient (Wildman–Crippen LogP) is 5.97. The summed E-state index contributed by atoms with van der Waals surface area (Å²) in [7, 11) is 0. The normalized spacial score (nSPS) is 14.5. The molecule has 2 aromatic carbocycles. The fraction of sp³-hybridized carbons (Fsp3) is 0.240. The van der Waals surface area contributed by atoms with Crippen LogP contribution in [0.4, 0.5) is 0 Å². The first-order chi connectivity index (χ1) is 16.0. The summed E-state index contributed by atoms with van der Waals surface area (Å²) in [4.78, 5) is 23.5. The van der Waals surface area contributed by atoms with Crippen molar-refractivity contribution in [3.63, 3.8) is 0 Å². The number of aromatic nitrogens is 3. The van der Waals surface area contributed by atoms with Crippen LogP contribution in [0.3, 0.4) is 0 Å². The van der Waals surface area contributed by atoms with Gasteiger partial charge >= 0.3 is 12.0 Å². The second-order valence-electron chi connectivity index (χ2n) is 8.12. The lowest BCUT2D eigenvalue weighted by atomic mass is 9.91. The third kappa shape index (κ3) is 4.42. The van der Waals surface area contributed by atoms with Gasteiger partial charge in [0.1, 0.15) is 5.75 Å². The second-order valence-corrected chi connectivity index (χ2v) is 8.53. The van der Waals surface area contributed by atoms with Crippen LogP contribution in [0.25, 0.3) is 22.4 Å². The Labute approximate surface area is 195 Å². The van der Waals surface area contributed by atoms with Crippen molar-refractivity contribution in [2.24, 2.45) is 0 Å². The standard InChI is InChI=1S/C25H22ClN3O4/c1-14-2-7-18(12-19(14)24(30)31)33-25-27-21-13-20(26)22(28-23(21)29-25)17-5-3-15(4-6-17)16-8-10-32-11-9-16/h2-7,12-13,16H,8-11H2,1H3,(H,30,31)(H,27,28,29). The van der Waals surface area contributed by atoms with E-state index in [1.54, 1.807) is 25.1 Å². The van der Waals surface area contributed by atoms with Gasteiger partial charge in [-0.25, -0.2) is 9.78 Å². The summed E-state index contributed by atoms with van der Waals surface area (Å²) in [6, 6.07) is 15.2. The maximum atomic E-state index is 11.4. The van der Waals surface area contributed by atoms with Crippen LogP contribution in [0, 0.1) is 6.92 Å². The van der Waals surface area contributed by atoms with Gasteiger partial charge in [0, 0.05) is 18.8 Å². The number of rotatable bonds is 5. The number of carbonyl (C=O) groups is 1. The molecule has 2 N–H and O–H groups in total. The number of hydrogen-bond donors (Lipinski definition) is 2. The van der Waals surface area contributed by atoms with E-state index in [9.17, 15) is 9.90 Å². The molecule has 2 aromatic heterocycles. The lowest BCUT2D eigenvalue weighted by Gasteiger charge is -2.22. The van der Waals surface area contributed by atoms with Crippen LogP contribution in [-0.2, 0) is 4.74 Å². The van der Waals surface area contributed by atoms with Crippen molar-refractivity contribution < 1.29 is 19.4 Å². The molecule has 1 aliphatic rings. The molecule has 1 fully saturated rings. The quantitative estimate of drug-likeness (QED) is 0.378. The molecule has 0 bridgehead atoms. The van der Waals surface area contributed by atoms with Gasteiger partial charge in [-0.1, -0.05) is 41.9 Å². The molecule has 0 aliphatic carbocycles. The summed E-state index contributed by atoms with van der Waals surface area (Å²) in [6.07, 6.45) is 2.07. The van der Waals surface area contributed by atoms with Crippen molar-refractivity contribution in [2.45, 2.75) is 25.7 Å². The number of imidazole rings is 1. The number of aromatic amines is 1. The summed E-state index contributed by atoms with van der Waals surface area (Å²) in [5.74, 6) is -0.122. The molecule has 1 aliphatic heterocycles. The zero-order valence-electron chi connectivity index (χ0n) is 18.0. The minimum absolute atomic E-state index is 0.177. The molecule has 5 rings (SSSR count). The molecule has 3 heterocycles. The van der Waals surface area contributed by atoms with Crippen LogP contribution in [-0.4, -0.2) is 39.2 Å². The fourth-order valence-corrected chi connectivity index (χ4v) is 4.36. The van der Waals surface area contributed by atoms with E-state index in [2.05, 4.69) is 27.1 Å². The number of ether oxygens (including phenoxy) is 2. The number of nitrogens with zero attached hydrogens (tertiary/aromatic N) is 2. The highest BCUT2D eigenvalue weighted by Crippen LogP contribution is 2.33. The van der Waals surface area contributed by atoms with Gasteiger partial charge in [-0.05, 0) is 55.0 Å². The summed E-state index contributed by atoms with van der Waals surface area (Å²) in [6.45, 7) is 3.35. The van der Waals surface area contributed by atoms with Crippen molar-refractivity contribution >= 4 is 28.7 Å². The number of halogens is 1. The van der Waals surface area contributed by atoms with E-state index in [-0.39, 0.29) is 11.6 Å². The van der Waals surface area contributed by atoms with Crippen LogP contribution in [0.15, 0.2) is 48.5 Å². The Hall–Kier alpha value is -3.42. The van der Waals surface area contributed by atoms with E-state index in [1.807, 2.05) is 12.1 Å². The lowest BCUT2D eigenvalue weighted by Crippen LogP contribution is -2.13. The maximum absolute atomic E-state index is 11.4. The number of aromatic carboxylic acids is 1. The summed E-state index contributed by atoms with van der Waals surface area (Å²) in [5, 5.41) is 9.82. The van der Waals surface area contributed by atoms with E-state index in [4.69, 9.17) is 21.1 Å². The number of aryl methyl sites for hydroxylation is 1. The highest BCUT2D eigenvalue weighted by Gasteiger charge is 2.17. The van der Waals surface area contributed by atoms with Gasteiger partial charge in [-0.15, -0.1) is 0 Å². The molecule has 0 saturated carbocycles. The Morgan fingerprint density at radius 3 is 2.61 bits per heavy atom. The molecule has 1 saturated heterocycles. The highest BCUT2D eigenvalue weighted by molar-refractivity contribution is 6.33. The Morgan fingerprint density at radius 1 is 1.12 bits per heavy atom. The van der Waals surface area contributed by atoms with E-state index in [1.165, 1.54) is 11.6 Å². The Bertz CT molecular complexity index is 1330. The molecule has 7 nitrogen and oxygen atoms in total. The SMILES string of the molecule is Cc1ccc(Oc2nc3nc(-c4ccc(C5CCOCC5)cc4)c(Cl)cc3[nH]2)cc1C(=O)O. The van der Waals surface area contributed by atoms with Gasteiger partial charge in [0.15, 0.2) is 5.65 Å². The first-order valence-electron chi connectivity index (χ1n) is 10.7. The minimum Gasteiger partial charge on any atom is -0.478 e. The summed E-state index contributed by atoms with van der Waals surface area (Å²) < 4.78 is 11.2. The predicted molar refractivity (Wildman–Crippen MR) is 125 cm³/mol. The van der Waals surface area contributed by atoms with Crippen molar-refractivity contribution in [1.29, 1.82) is 0 Å². The van der Waals surface area contributed by atoms with Crippen molar-refractivity contribution in [2.75, 3.05) is 13.2 Å². The van der Waals surface area contributed by atoms with Crippen molar-refractivity contribution in [3.05, 3.63) is 70.2 Å². The van der Waals surface area contributed by atoms with Crippen molar-refractivity contribution in [3.8, 4) is 23.0 Å². The zero-order valence-corrected chi connectivity index (χ0v) is 18.7. The number of carboxylic acids is 1. The van der Waals surface area contributed by atoms with Gasteiger partial charge in [0.05, 0.1) is 21.8 Å². The minimum atomic E-state index is -1.01. The Balaban J connectivity index is 1.41. The smallest absolute Gasteiger partial charge is 0.336 e. The third-order valence-electron chi connectivity index (χ3n) is 5.94. The molecular formula is C25H22ClN3O4. The first-order valence-corrected chi connectivity index (χ1v) is 11.1. The van der Waals surface area contributed by atoms with Crippen LogP contribution in [0.1, 0.15) is 40.2 Å². The summed E-state index contributed by atoms with van der Waals surface area (Å²) in [5.41, 5.74) is 4.77. The third-order valence-corrected chi connectivity index (χ3v) is 6.22. The number of hydrogen-bond acceptors (Lipinski definition) is 5. The molecular weight excluding hydrogens is 442 g/mol. The molecule has 0 atom stereocenters. The monoisotopic (exact) mass is 463 g/mol. The van der Waals surface area contributed by atoms with Gasteiger partial charge in [0.2, 0.25) is 0 Å².